The molecule has 0 aliphatic heterocycles. The molecule has 0 bridgehead atoms. The third-order valence-corrected chi connectivity index (χ3v) is 2.60. The summed E-state index contributed by atoms with van der Waals surface area (Å²) >= 11 is 0. The zero-order valence-electron chi connectivity index (χ0n) is 11.6. The summed E-state index contributed by atoms with van der Waals surface area (Å²) in [7, 11) is 0. The molecule has 0 radical (unpaired) electrons. The number of rotatable bonds is 12. The Balaban J connectivity index is 3.09. The van der Waals surface area contributed by atoms with Gasteiger partial charge in [0.15, 0.2) is 0 Å². The zero-order chi connectivity index (χ0) is 13.6. The molecule has 18 heavy (non-hydrogen) atoms. The summed E-state index contributed by atoms with van der Waals surface area (Å²) in [6.45, 7) is 6.73. The Bertz CT molecular complexity index is 201. The number of hydrazine groups is 1. The van der Waals surface area contributed by atoms with Crippen LogP contribution >= 0.6 is 0 Å². The van der Waals surface area contributed by atoms with Crippen molar-refractivity contribution in [3.63, 3.8) is 0 Å². The van der Waals surface area contributed by atoms with Crippen molar-refractivity contribution >= 4 is 5.91 Å². The van der Waals surface area contributed by atoms with Gasteiger partial charge in [-0.1, -0.05) is 0 Å². The van der Waals surface area contributed by atoms with E-state index >= 15 is 0 Å². The summed E-state index contributed by atoms with van der Waals surface area (Å²) in [5.74, 6) is 5.82. The lowest BCUT2D eigenvalue weighted by molar-refractivity contribution is -0.118. The van der Waals surface area contributed by atoms with Crippen molar-refractivity contribution in [3.8, 4) is 0 Å². The molecule has 0 aliphatic rings. The molecule has 0 aromatic heterocycles. The highest BCUT2D eigenvalue weighted by molar-refractivity contribution is 5.72. The highest BCUT2D eigenvalue weighted by Crippen LogP contribution is 1.91. The standard InChI is InChI=1S/C12H29N5O/c1-12(18)16-9-5-8-15-7-2-3-10-17(14)11-4-6-13/h15H,2-11,13-14H2,1H3,(H,16,18). The Kier molecular flexibility index (Phi) is 12.3. The molecule has 6 nitrogen and oxygen atoms in total. The minimum absolute atomic E-state index is 0.0375. The lowest BCUT2D eigenvalue weighted by atomic mass is 10.3. The number of amides is 1. The van der Waals surface area contributed by atoms with Gasteiger partial charge in [-0.25, -0.2) is 5.01 Å². The predicted molar refractivity (Wildman–Crippen MR) is 74.8 cm³/mol. The van der Waals surface area contributed by atoms with Gasteiger partial charge in [0, 0.05) is 26.6 Å². The van der Waals surface area contributed by atoms with Crippen LogP contribution in [0, 0.1) is 0 Å². The van der Waals surface area contributed by atoms with Crippen molar-refractivity contribution in [2.45, 2.75) is 32.6 Å². The van der Waals surface area contributed by atoms with E-state index in [4.69, 9.17) is 11.6 Å². The van der Waals surface area contributed by atoms with Crippen LogP contribution in [0.1, 0.15) is 32.6 Å². The molecule has 0 aromatic rings. The van der Waals surface area contributed by atoms with Crippen molar-refractivity contribution in [3.05, 3.63) is 0 Å². The molecule has 0 saturated heterocycles. The lowest BCUT2D eigenvalue weighted by Gasteiger charge is -2.15. The number of carbonyl (C=O) groups is 1. The van der Waals surface area contributed by atoms with E-state index in [9.17, 15) is 4.79 Å². The Hall–Kier alpha value is -0.690. The van der Waals surface area contributed by atoms with E-state index < -0.39 is 0 Å². The Morgan fingerprint density at radius 3 is 2.39 bits per heavy atom. The number of unbranched alkanes of at least 4 members (excludes halogenated alkanes) is 1. The topological polar surface area (TPSA) is 96.4 Å². The van der Waals surface area contributed by atoms with E-state index in [1.54, 1.807) is 0 Å². The largest absolute Gasteiger partial charge is 0.356 e. The first kappa shape index (κ1) is 17.3. The highest BCUT2D eigenvalue weighted by atomic mass is 16.1. The lowest BCUT2D eigenvalue weighted by Crippen LogP contribution is -2.34. The second-order valence-electron chi connectivity index (χ2n) is 4.47. The van der Waals surface area contributed by atoms with Gasteiger partial charge in [0.1, 0.15) is 0 Å². The second-order valence-corrected chi connectivity index (χ2v) is 4.47. The molecule has 0 fully saturated rings. The van der Waals surface area contributed by atoms with Crippen molar-refractivity contribution in [1.82, 2.24) is 15.6 Å². The van der Waals surface area contributed by atoms with Gasteiger partial charge in [0.05, 0.1) is 0 Å². The molecule has 0 spiro atoms. The second kappa shape index (κ2) is 12.8. The Morgan fingerprint density at radius 1 is 1.06 bits per heavy atom. The van der Waals surface area contributed by atoms with Crippen LogP contribution in [0.25, 0.3) is 0 Å². The van der Waals surface area contributed by atoms with E-state index in [0.717, 1.165) is 58.4 Å². The molecule has 0 atom stereocenters. The number of hydrogen-bond acceptors (Lipinski definition) is 5. The number of nitrogens with one attached hydrogen (secondary N) is 2. The van der Waals surface area contributed by atoms with E-state index in [-0.39, 0.29) is 5.91 Å². The smallest absolute Gasteiger partial charge is 0.216 e. The summed E-state index contributed by atoms with van der Waals surface area (Å²) in [4.78, 5) is 10.6. The molecule has 6 N–H and O–H groups in total. The quantitative estimate of drug-likeness (QED) is 0.213. The minimum Gasteiger partial charge on any atom is -0.356 e. The fraction of sp³-hybridized carbons (Fsp3) is 0.917. The van der Waals surface area contributed by atoms with Crippen LogP contribution in [-0.4, -0.2) is 50.2 Å². The summed E-state index contributed by atoms with van der Waals surface area (Å²) in [5, 5.41) is 7.95. The van der Waals surface area contributed by atoms with Gasteiger partial charge in [0.25, 0.3) is 0 Å². The molecule has 0 unspecified atom stereocenters. The summed E-state index contributed by atoms with van der Waals surface area (Å²) in [6, 6.07) is 0. The Morgan fingerprint density at radius 2 is 1.72 bits per heavy atom. The SMILES string of the molecule is CC(=O)NCCCNCCCCN(N)CCCN. The minimum atomic E-state index is 0.0375. The molecule has 1 amide bonds. The van der Waals surface area contributed by atoms with E-state index in [0.29, 0.717) is 6.54 Å². The molecular weight excluding hydrogens is 230 g/mol. The maximum Gasteiger partial charge on any atom is 0.216 e. The summed E-state index contributed by atoms with van der Waals surface area (Å²) in [5.41, 5.74) is 5.41. The average Bonchev–Trinajstić information content (AvgIpc) is 2.34. The fourth-order valence-corrected chi connectivity index (χ4v) is 1.57. The third kappa shape index (κ3) is 13.4. The van der Waals surface area contributed by atoms with E-state index in [1.807, 2.05) is 5.01 Å². The van der Waals surface area contributed by atoms with Crippen LogP contribution in [0.5, 0.6) is 0 Å². The third-order valence-electron chi connectivity index (χ3n) is 2.60. The van der Waals surface area contributed by atoms with Crippen LogP contribution in [0.3, 0.4) is 0 Å². The summed E-state index contributed by atoms with van der Waals surface area (Å²) in [6.07, 6.45) is 4.15. The van der Waals surface area contributed by atoms with Gasteiger partial charge in [-0.2, -0.15) is 0 Å². The monoisotopic (exact) mass is 259 g/mol. The van der Waals surface area contributed by atoms with Gasteiger partial charge >= 0.3 is 0 Å². The van der Waals surface area contributed by atoms with Crippen molar-refractivity contribution < 1.29 is 4.79 Å². The van der Waals surface area contributed by atoms with Crippen LogP contribution in [0.4, 0.5) is 0 Å². The molecule has 6 heteroatoms. The van der Waals surface area contributed by atoms with Gasteiger partial charge in [-0.05, 0) is 45.3 Å². The van der Waals surface area contributed by atoms with Crippen LogP contribution in [0.2, 0.25) is 0 Å². The summed E-state index contributed by atoms with van der Waals surface area (Å²) < 4.78 is 0. The Labute approximate surface area is 110 Å². The van der Waals surface area contributed by atoms with E-state index in [1.165, 1.54) is 6.92 Å². The first-order chi connectivity index (χ1) is 8.66. The van der Waals surface area contributed by atoms with E-state index in [2.05, 4.69) is 10.6 Å². The molecule has 0 aliphatic carbocycles. The molecular formula is C12H29N5O. The first-order valence-corrected chi connectivity index (χ1v) is 6.81. The number of nitrogens with two attached hydrogens (primary N) is 2. The van der Waals surface area contributed by atoms with Crippen LogP contribution in [-0.2, 0) is 4.79 Å². The molecule has 0 rings (SSSR count). The fourth-order valence-electron chi connectivity index (χ4n) is 1.57. The van der Waals surface area contributed by atoms with Gasteiger partial charge in [-0.3, -0.25) is 10.6 Å². The van der Waals surface area contributed by atoms with Crippen molar-refractivity contribution in [1.29, 1.82) is 0 Å². The molecule has 0 saturated carbocycles. The van der Waals surface area contributed by atoms with Gasteiger partial charge in [0.2, 0.25) is 5.91 Å². The average molecular weight is 259 g/mol. The highest BCUT2D eigenvalue weighted by Gasteiger charge is 1.97. The number of nitrogens with zero attached hydrogens (tertiary/aromatic N) is 1. The normalized spacial score (nSPS) is 10.9. The number of hydrogen-bond donors (Lipinski definition) is 4. The van der Waals surface area contributed by atoms with Crippen LogP contribution < -0.4 is 22.2 Å². The maximum atomic E-state index is 10.6. The maximum absolute atomic E-state index is 10.6. The van der Waals surface area contributed by atoms with Crippen LogP contribution in [0.15, 0.2) is 0 Å². The van der Waals surface area contributed by atoms with Gasteiger partial charge in [-0.15, -0.1) is 0 Å². The van der Waals surface area contributed by atoms with Gasteiger partial charge < -0.3 is 16.4 Å². The first-order valence-electron chi connectivity index (χ1n) is 6.81. The zero-order valence-corrected chi connectivity index (χ0v) is 11.6. The van der Waals surface area contributed by atoms with Crippen molar-refractivity contribution in [2.75, 3.05) is 39.3 Å². The number of carbonyl (C=O) groups excluding carboxylic acids is 1. The molecule has 108 valence electrons. The predicted octanol–water partition coefficient (Wildman–Crippen LogP) is -0.593. The molecule has 0 aromatic carbocycles. The van der Waals surface area contributed by atoms with Crippen molar-refractivity contribution in [2.24, 2.45) is 11.6 Å². The molecule has 0 heterocycles.